The minimum Gasteiger partial charge on any atom is -0.487 e. The van der Waals surface area contributed by atoms with E-state index in [1.165, 1.54) is 4.90 Å². The van der Waals surface area contributed by atoms with Gasteiger partial charge in [-0.25, -0.2) is 0 Å². The first-order valence-corrected chi connectivity index (χ1v) is 14.2. The maximum atomic E-state index is 13.6. The van der Waals surface area contributed by atoms with Crippen LogP contribution in [-0.4, -0.2) is 57.4 Å². The molecule has 4 rings (SSSR count). The number of rotatable bonds is 10. The van der Waals surface area contributed by atoms with Crippen LogP contribution in [0.15, 0.2) is 42.5 Å². The predicted molar refractivity (Wildman–Crippen MR) is 150 cm³/mol. The summed E-state index contributed by atoms with van der Waals surface area (Å²) in [6, 6.07) is 12.7. The van der Waals surface area contributed by atoms with Crippen LogP contribution in [0, 0.1) is 5.92 Å². The Balaban J connectivity index is 1.58. The average Bonchev–Trinajstić information content (AvgIpc) is 2.85. The molecule has 4 atom stereocenters. The summed E-state index contributed by atoms with van der Waals surface area (Å²) in [6.45, 7) is 7.69. The molecule has 0 bridgehead atoms. The molecule has 2 heterocycles. The average molecular weight is 558 g/mol. The van der Waals surface area contributed by atoms with E-state index in [-0.39, 0.29) is 30.6 Å². The highest BCUT2D eigenvalue weighted by Crippen LogP contribution is 2.52. The van der Waals surface area contributed by atoms with Gasteiger partial charge in [0.05, 0.1) is 17.8 Å². The van der Waals surface area contributed by atoms with Crippen molar-refractivity contribution in [3.05, 3.63) is 64.2 Å². The van der Waals surface area contributed by atoms with Gasteiger partial charge in [-0.1, -0.05) is 23.7 Å². The van der Waals surface area contributed by atoms with Gasteiger partial charge in [0.25, 0.3) is 5.91 Å². The summed E-state index contributed by atoms with van der Waals surface area (Å²) < 4.78 is 13.1. The van der Waals surface area contributed by atoms with Crippen LogP contribution in [-0.2, 0) is 16.0 Å². The molecule has 1 fully saturated rings. The lowest BCUT2D eigenvalue weighted by Crippen LogP contribution is -2.50. The lowest BCUT2D eigenvalue weighted by Gasteiger charge is -2.50. The standard InChI is InChI=1S/C31H40ClNO6/c1-20-9-11-25-28(38-20)24-18-22(10-12-26(24)39-31(25,4)15-6-14-30(2,3)37)29(36)33(19-27(34)35)16-13-21-7-5-8-23(32)17-21/h5,7-8,10,12,17-18,20,25,28,37H,6,9,11,13-16,19H2,1-4H3,(H,34,35)/t20-,25-,28+,31-/m1/s1. The Labute approximate surface area is 236 Å². The van der Waals surface area contributed by atoms with E-state index in [0.29, 0.717) is 29.2 Å². The first-order valence-electron chi connectivity index (χ1n) is 13.8. The van der Waals surface area contributed by atoms with Crippen LogP contribution in [0.1, 0.15) is 87.4 Å². The number of carbonyl (C=O) groups is 2. The number of carboxylic acids is 1. The van der Waals surface area contributed by atoms with Crippen molar-refractivity contribution in [2.24, 2.45) is 5.92 Å². The molecule has 0 radical (unpaired) electrons. The Morgan fingerprint density at radius 1 is 1.18 bits per heavy atom. The number of fused-ring (bicyclic) bond motifs is 3. The number of benzene rings is 2. The van der Waals surface area contributed by atoms with E-state index in [2.05, 4.69) is 13.8 Å². The zero-order valence-corrected chi connectivity index (χ0v) is 24.0. The third kappa shape index (κ3) is 7.33. The molecule has 2 aliphatic heterocycles. The minimum atomic E-state index is -1.07. The molecule has 212 valence electrons. The molecule has 8 heteroatoms. The van der Waals surface area contributed by atoms with E-state index >= 15 is 0 Å². The number of amides is 1. The molecular formula is C31H40ClNO6. The van der Waals surface area contributed by atoms with Crippen LogP contribution in [0.4, 0.5) is 0 Å². The summed E-state index contributed by atoms with van der Waals surface area (Å²) in [6.07, 6.45) is 4.49. The van der Waals surface area contributed by atoms with Crippen molar-refractivity contribution in [3.63, 3.8) is 0 Å². The van der Waals surface area contributed by atoms with Crippen molar-refractivity contribution in [1.82, 2.24) is 4.90 Å². The van der Waals surface area contributed by atoms with E-state index < -0.39 is 23.7 Å². The fourth-order valence-corrected chi connectivity index (χ4v) is 6.09. The van der Waals surface area contributed by atoms with E-state index in [0.717, 1.165) is 36.8 Å². The number of hydrogen-bond donors (Lipinski definition) is 2. The topological polar surface area (TPSA) is 96.3 Å². The van der Waals surface area contributed by atoms with Gasteiger partial charge in [-0.2, -0.15) is 0 Å². The van der Waals surface area contributed by atoms with Gasteiger partial charge in [0.15, 0.2) is 0 Å². The minimum absolute atomic E-state index is 0.0818. The Kier molecular flexibility index (Phi) is 8.94. The van der Waals surface area contributed by atoms with Crippen molar-refractivity contribution < 1.29 is 29.3 Å². The molecule has 0 unspecified atom stereocenters. The summed E-state index contributed by atoms with van der Waals surface area (Å²) in [5.41, 5.74) is 0.990. The highest BCUT2D eigenvalue weighted by molar-refractivity contribution is 6.30. The molecule has 2 N–H and O–H groups in total. The van der Waals surface area contributed by atoms with Gasteiger partial charge >= 0.3 is 5.97 Å². The fraction of sp³-hybridized carbons (Fsp3) is 0.548. The molecule has 0 saturated carbocycles. The zero-order valence-electron chi connectivity index (χ0n) is 23.3. The second-order valence-electron chi connectivity index (χ2n) is 11.9. The number of ether oxygens (including phenoxy) is 2. The Morgan fingerprint density at radius 2 is 1.95 bits per heavy atom. The van der Waals surface area contributed by atoms with Crippen molar-refractivity contribution in [2.75, 3.05) is 13.1 Å². The number of aliphatic carboxylic acids is 1. The molecule has 7 nitrogen and oxygen atoms in total. The Hall–Kier alpha value is -2.61. The van der Waals surface area contributed by atoms with Crippen LogP contribution in [0.5, 0.6) is 5.75 Å². The van der Waals surface area contributed by atoms with E-state index in [9.17, 15) is 19.8 Å². The number of carboxylic acid groups (broad SMARTS) is 1. The van der Waals surface area contributed by atoms with E-state index in [1.807, 2.05) is 44.2 Å². The fourth-order valence-electron chi connectivity index (χ4n) is 5.88. The Bertz CT molecular complexity index is 1190. The largest absolute Gasteiger partial charge is 0.487 e. The second-order valence-corrected chi connectivity index (χ2v) is 12.3. The van der Waals surface area contributed by atoms with E-state index in [1.54, 1.807) is 12.1 Å². The number of hydrogen-bond acceptors (Lipinski definition) is 5. The molecule has 2 aromatic carbocycles. The normalized spacial score (nSPS) is 24.3. The van der Waals surface area contributed by atoms with Crippen molar-refractivity contribution in [3.8, 4) is 5.75 Å². The highest BCUT2D eigenvalue weighted by Gasteiger charge is 2.49. The highest BCUT2D eigenvalue weighted by atomic mass is 35.5. The summed E-state index contributed by atoms with van der Waals surface area (Å²) in [5, 5.41) is 20.3. The summed E-state index contributed by atoms with van der Waals surface area (Å²) in [5.74, 6) is -0.620. The first kappa shape index (κ1) is 29.4. The molecular weight excluding hydrogens is 518 g/mol. The number of nitrogens with zero attached hydrogens (tertiary/aromatic N) is 1. The summed E-state index contributed by atoms with van der Waals surface area (Å²) in [4.78, 5) is 26.5. The van der Waals surface area contributed by atoms with Gasteiger partial charge in [0.2, 0.25) is 0 Å². The number of aliphatic hydroxyl groups is 1. The lowest BCUT2D eigenvalue weighted by molar-refractivity contribution is -0.153. The molecule has 2 aliphatic rings. The SMILES string of the molecule is C[C@@H]1CC[C@@H]2[C@@H](O1)c1cc(C(=O)N(CCc3cccc(Cl)c3)CC(=O)O)ccc1O[C@]2(C)CCCC(C)(C)O. The molecule has 1 saturated heterocycles. The van der Waals surface area contributed by atoms with Gasteiger partial charge < -0.3 is 24.6 Å². The Morgan fingerprint density at radius 3 is 2.64 bits per heavy atom. The van der Waals surface area contributed by atoms with Crippen LogP contribution in [0.3, 0.4) is 0 Å². The molecule has 2 aromatic rings. The number of carbonyl (C=O) groups excluding carboxylic acids is 1. The maximum Gasteiger partial charge on any atom is 0.323 e. The zero-order chi connectivity index (χ0) is 28.4. The van der Waals surface area contributed by atoms with E-state index in [4.69, 9.17) is 21.1 Å². The molecule has 1 amide bonds. The smallest absolute Gasteiger partial charge is 0.323 e. The van der Waals surface area contributed by atoms with Crippen molar-refractivity contribution >= 4 is 23.5 Å². The molecule has 0 aliphatic carbocycles. The molecule has 0 aromatic heterocycles. The predicted octanol–water partition coefficient (Wildman–Crippen LogP) is 6.06. The van der Waals surface area contributed by atoms with Gasteiger partial charge in [-0.15, -0.1) is 0 Å². The van der Waals surface area contributed by atoms with Gasteiger partial charge in [-0.05, 0) is 102 Å². The monoisotopic (exact) mass is 557 g/mol. The van der Waals surface area contributed by atoms with Crippen molar-refractivity contribution in [1.29, 1.82) is 0 Å². The first-order chi connectivity index (χ1) is 18.3. The third-order valence-electron chi connectivity index (χ3n) is 7.95. The van der Waals surface area contributed by atoms with Crippen LogP contribution < -0.4 is 4.74 Å². The maximum absolute atomic E-state index is 13.6. The van der Waals surface area contributed by atoms with Gasteiger partial charge in [0.1, 0.15) is 17.9 Å². The second kappa shape index (κ2) is 11.9. The van der Waals surface area contributed by atoms with Crippen LogP contribution in [0.25, 0.3) is 0 Å². The molecule has 39 heavy (non-hydrogen) atoms. The van der Waals surface area contributed by atoms with Crippen LogP contribution in [0.2, 0.25) is 5.02 Å². The van der Waals surface area contributed by atoms with Crippen molar-refractivity contribution in [2.45, 2.75) is 89.6 Å². The van der Waals surface area contributed by atoms with Gasteiger partial charge in [-0.3, -0.25) is 9.59 Å². The lowest BCUT2D eigenvalue weighted by atomic mass is 9.72. The summed E-state index contributed by atoms with van der Waals surface area (Å²) in [7, 11) is 0. The van der Waals surface area contributed by atoms with Gasteiger partial charge in [0, 0.05) is 28.6 Å². The number of halogens is 1. The summed E-state index contributed by atoms with van der Waals surface area (Å²) >= 11 is 6.09. The van der Waals surface area contributed by atoms with Crippen LogP contribution >= 0.6 is 11.6 Å². The third-order valence-corrected chi connectivity index (χ3v) is 8.19. The molecule has 0 spiro atoms. The quantitative estimate of drug-likeness (QED) is 0.369.